The average Bonchev–Trinajstić information content (AvgIpc) is 2.15. The molecule has 0 aliphatic heterocycles. The molecular formula is C8H6F3NO2S. The quantitative estimate of drug-likeness (QED) is 0.756. The van der Waals surface area contributed by atoms with Crippen molar-refractivity contribution in [1.29, 1.82) is 0 Å². The molecule has 0 radical (unpaired) electrons. The second-order valence-electron chi connectivity index (χ2n) is 2.40. The zero-order valence-corrected chi connectivity index (χ0v) is 8.14. The number of halogens is 3. The number of hydrogen-bond donors (Lipinski definition) is 0. The molecule has 7 heteroatoms. The van der Waals surface area contributed by atoms with E-state index in [4.69, 9.17) is 0 Å². The fraction of sp³-hybridized carbons (Fsp3) is 0.125. The summed E-state index contributed by atoms with van der Waals surface area (Å²) in [6, 6.07) is 4.58. The SMILES string of the molecule is C=NS(=O)c1ccc(OC(F)(F)F)cc1. The van der Waals surface area contributed by atoms with Crippen LogP contribution in [0.3, 0.4) is 0 Å². The van der Waals surface area contributed by atoms with Gasteiger partial charge in [0.25, 0.3) is 0 Å². The minimum absolute atomic E-state index is 0.263. The van der Waals surface area contributed by atoms with Crippen molar-refractivity contribution in [3.8, 4) is 5.75 Å². The molecule has 0 amide bonds. The van der Waals surface area contributed by atoms with Gasteiger partial charge in [0.05, 0.1) is 4.90 Å². The maximum absolute atomic E-state index is 11.8. The lowest BCUT2D eigenvalue weighted by molar-refractivity contribution is -0.274. The minimum Gasteiger partial charge on any atom is -0.406 e. The van der Waals surface area contributed by atoms with Gasteiger partial charge in [-0.2, -0.15) is 4.40 Å². The highest BCUT2D eigenvalue weighted by Crippen LogP contribution is 2.23. The Morgan fingerprint density at radius 3 is 2.20 bits per heavy atom. The summed E-state index contributed by atoms with van der Waals surface area (Å²) in [4.78, 5) is 0.263. The zero-order chi connectivity index (χ0) is 11.5. The molecule has 0 heterocycles. The third kappa shape index (κ3) is 3.70. The number of hydrogen-bond acceptors (Lipinski definition) is 2. The average molecular weight is 237 g/mol. The summed E-state index contributed by atoms with van der Waals surface area (Å²) in [7, 11) is -1.64. The van der Waals surface area contributed by atoms with Gasteiger partial charge in [0.15, 0.2) is 11.0 Å². The van der Waals surface area contributed by atoms with Crippen molar-refractivity contribution < 1.29 is 22.1 Å². The van der Waals surface area contributed by atoms with E-state index in [1.54, 1.807) is 0 Å². The molecule has 1 atom stereocenters. The van der Waals surface area contributed by atoms with Crippen LogP contribution in [0.1, 0.15) is 0 Å². The topological polar surface area (TPSA) is 38.7 Å². The Bertz CT molecular complexity index is 374. The first kappa shape index (κ1) is 11.7. The Kier molecular flexibility index (Phi) is 3.46. The van der Waals surface area contributed by atoms with Gasteiger partial charge in [-0.25, -0.2) is 4.21 Å². The molecule has 0 aliphatic carbocycles. The molecule has 0 fully saturated rings. The van der Waals surface area contributed by atoms with E-state index in [0.29, 0.717) is 0 Å². The molecule has 0 spiro atoms. The molecule has 15 heavy (non-hydrogen) atoms. The van der Waals surface area contributed by atoms with Crippen molar-refractivity contribution in [3.05, 3.63) is 24.3 Å². The van der Waals surface area contributed by atoms with Gasteiger partial charge >= 0.3 is 6.36 Å². The van der Waals surface area contributed by atoms with Gasteiger partial charge in [-0.15, -0.1) is 13.2 Å². The second kappa shape index (κ2) is 4.43. The molecule has 1 aromatic carbocycles. The van der Waals surface area contributed by atoms with Gasteiger partial charge < -0.3 is 4.74 Å². The van der Waals surface area contributed by atoms with Crippen molar-refractivity contribution >= 4 is 17.7 Å². The maximum Gasteiger partial charge on any atom is 0.573 e. The predicted octanol–water partition coefficient (Wildman–Crippen LogP) is 2.31. The van der Waals surface area contributed by atoms with Crippen LogP contribution in [0.15, 0.2) is 33.6 Å². The predicted molar refractivity (Wildman–Crippen MR) is 49.1 cm³/mol. The van der Waals surface area contributed by atoms with E-state index in [1.807, 2.05) is 0 Å². The van der Waals surface area contributed by atoms with E-state index in [9.17, 15) is 17.4 Å². The highest BCUT2D eigenvalue weighted by atomic mass is 32.2. The van der Waals surface area contributed by atoms with E-state index in [2.05, 4.69) is 15.9 Å². The van der Waals surface area contributed by atoms with Crippen LogP contribution in [0.2, 0.25) is 0 Å². The van der Waals surface area contributed by atoms with Gasteiger partial charge in [0.1, 0.15) is 5.75 Å². The van der Waals surface area contributed by atoms with Crippen molar-refractivity contribution in [2.24, 2.45) is 4.40 Å². The van der Waals surface area contributed by atoms with Gasteiger partial charge in [-0.1, -0.05) is 0 Å². The van der Waals surface area contributed by atoms with Crippen LogP contribution in [-0.4, -0.2) is 17.3 Å². The van der Waals surface area contributed by atoms with Crippen LogP contribution >= 0.6 is 0 Å². The van der Waals surface area contributed by atoms with Crippen LogP contribution in [0.5, 0.6) is 5.75 Å². The van der Waals surface area contributed by atoms with Crippen molar-refractivity contribution in [1.82, 2.24) is 0 Å². The maximum atomic E-state index is 11.8. The molecule has 0 bridgehead atoms. The number of ether oxygens (including phenoxy) is 1. The van der Waals surface area contributed by atoms with Crippen LogP contribution in [0, 0.1) is 0 Å². The number of rotatable bonds is 3. The third-order valence-corrected chi connectivity index (χ3v) is 2.29. The Labute approximate surface area is 86.2 Å². The summed E-state index contributed by atoms with van der Waals surface area (Å²) in [5, 5.41) is 0. The molecule has 1 aromatic rings. The smallest absolute Gasteiger partial charge is 0.406 e. The normalized spacial score (nSPS) is 13.3. The first-order valence-electron chi connectivity index (χ1n) is 3.67. The second-order valence-corrected chi connectivity index (χ2v) is 3.63. The van der Waals surface area contributed by atoms with Gasteiger partial charge in [-0.05, 0) is 24.3 Å². The summed E-state index contributed by atoms with van der Waals surface area (Å²) in [5.74, 6) is -0.368. The molecule has 3 nitrogen and oxygen atoms in total. The summed E-state index contributed by atoms with van der Waals surface area (Å²) in [6.07, 6.45) is -4.72. The molecule has 82 valence electrons. The Balaban J connectivity index is 2.81. The Morgan fingerprint density at radius 2 is 1.80 bits per heavy atom. The van der Waals surface area contributed by atoms with Crippen LogP contribution in [0.4, 0.5) is 13.2 Å². The molecule has 1 rings (SSSR count). The van der Waals surface area contributed by atoms with Crippen LogP contribution in [-0.2, 0) is 11.0 Å². The molecule has 0 N–H and O–H groups in total. The highest BCUT2D eigenvalue weighted by molar-refractivity contribution is 7.83. The van der Waals surface area contributed by atoms with E-state index in [-0.39, 0.29) is 10.6 Å². The lowest BCUT2D eigenvalue weighted by Crippen LogP contribution is -2.17. The number of nitrogens with zero attached hydrogens (tertiary/aromatic N) is 1. The van der Waals surface area contributed by atoms with E-state index < -0.39 is 17.3 Å². The minimum atomic E-state index is -4.72. The lowest BCUT2D eigenvalue weighted by atomic mass is 10.3. The monoisotopic (exact) mass is 237 g/mol. The molecular weight excluding hydrogens is 231 g/mol. The van der Waals surface area contributed by atoms with E-state index >= 15 is 0 Å². The van der Waals surface area contributed by atoms with Crippen molar-refractivity contribution in [2.45, 2.75) is 11.3 Å². The summed E-state index contributed by atoms with van der Waals surface area (Å²) in [5.41, 5.74) is 0. The van der Waals surface area contributed by atoms with Crippen LogP contribution < -0.4 is 4.74 Å². The Morgan fingerprint density at radius 1 is 1.27 bits per heavy atom. The number of benzene rings is 1. The highest BCUT2D eigenvalue weighted by Gasteiger charge is 2.30. The molecule has 0 saturated heterocycles. The largest absolute Gasteiger partial charge is 0.573 e. The van der Waals surface area contributed by atoms with E-state index in [1.165, 1.54) is 12.1 Å². The number of alkyl halides is 3. The Hall–Kier alpha value is -1.37. The third-order valence-electron chi connectivity index (χ3n) is 1.38. The molecule has 0 aliphatic rings. The molecule has 0 saturated carbocycles. The standard InChI is InChI=1S/C8H6F3NO2S/c1-12-15(13)7-4-2-6(3-5-7)14-8(9,10)11/h2-5H,1H2. The van der Waals surface area contributed by atoms with Crippen molar-refractivity contribution in [3.63, 3.8) is 0 Å². The molecule has 0 aromatic heterocycles. The van der Waals surface area contributed by atoms with Gasteiger partial charge in [0, 0.05) is 6.72 Å². The summed E-state index contributed by atoms with van der Waals surface area (Å²) < 4.78 is 53.1. The van der Waals surface area contributed by atoms with Crippen molar-refractivity contribution in [2.75, 3.05) is 0 Å². The first-order chi connectivity index (χ1) is 6.92. The fourth-order valence-electron chi connectivity index (χ4n) is 0.832. The van der Waals surface area contributed by atoms with Gasteiger partial charge in [0.2, 0.25) is 0 Å². The van der Waals surface area contributed by atoms with Gasteiger partial charge in [-0.3, -0.25) is 0 Å². The van der Waals surface area contributed by atoms with Crippen LogP contribution in [0.25, 0.3) is 0 Å². The summed E-state index contributed by atoms with van der Waals surface area (Å²) in [6.45, 7) is 3.06. The zero-order valence-electron chi connectivity index (χ0n) is 7.32. The fourth-order valence-corrected chi connectivity index (χ4v) is 1.35. The first-order valence-corrected chi connectivity index (χ1v) is 4.77. The lowest BCUT2D eigenvalue weighted by Gasteiger charge is -2.08. The summed E-state index contributed by atoms with van der Waals surface area (Å²) >= 11 is 0. The molecule has 1 unspecified atom stereocenters. The van der Waals surface area contributed by atoms with E-state index in [0.717, 1.165) is 12.1 Å².